The first-order valence-corrected chi connectivity index (χ1v) is 6.63. The van der Waals surface area contributed by atoms with Crippen molar-refractivity contribution in [2.24, 2.45) is 5.73 Å². The summed E-state index contributed by atoms with van der Waals surface area (Å²) in [5, 5.41) is 0. The second kappa shape index (κ2) is 5.84. The zero-order valence-corrected chi connectivity index (χ0v) is 11.5. The Balaban J connectivity index is 2.28. The van der Waals surface area contributed by atoms with Crippen LogP contribution in [0.2, 0.25) is 0 Å². The van der Waals surface area contributed by atoms with Crippen LogP contribution in [0.1, 0.15) is 18.4 Å². The van der Waals surface area contributed by atoms with Crippen molar-refractivity contribution in [3.63, 3.8) is 0 Å². The van der Waals surface area contributed by atoms with Gasteiger partial charge in [-0.05, 0) is 33.0 Å². The maximum absolute atomic E-state index is 14.1. The normalized spacial score (nSPS) is 19.5. The second-order valence-electron chi connectivity index (χ2n) is 5.33. The number of halogens is 2. The van der Waals surface area contributed by atoms with Gasteiger partial charge in [0, 0.05) is 31.2 Å². The lowest BCUT2D eigenvalue weighted by atomic mass is 10.1. The number of anilines is 1. The second-order valence-corrected chi connectivity index (χ2v) is 5.33. The molecule has 1 unspecified atom stereocenters. The summed E-state index contributed by atoms with van der Waals surface area (Å²) in [5.41, 5.74) is 5.98. The summed E-state index contributed by atoms with van der Waals surface area (Å²) in [4.78, 5) is 4.05. The fourth-order valence-electron chi connectivity index (χ4n) is 2.72. The van der Waals surface area contributed by atoms with Gasteiger partial charge in [0.2, 0.25) is 0 Å². The highest BCUT2D eigenvalue weighted by molar-refractivity contribution is 5.51. The topological polar surface area (TPSA) is 32.5 Å². The van der Waals surface area contributed by atoms with Crippen LogP contribution in [0.25, 0.3) is 0 Å². The standard InChI is InChI=1S/C14H21F2N3/c1-18(2)9-11-4-3-7-19(11)12-6-5-10(8-17)13(15)14(12)16/h5-6,11H,3-4,7-9,17H2,1-2H3. The van der Waals surface area contributed by atoms with Crippen molar-refractivity contribution in [3.05, 3.63) is 29.3 Å². The van der Waals surface area contributed by atoms with Crippen LogP contribution >= 0.6 is 0 Å². The smallest absolute Gasteiger partial charge is 0.182 e. The van der Waals surface area contributed by atoms with Gasteiger partial charge in [0.05, 0.1) is 5.69 Å². The zero-order valence-electron chi connectivity index (χ0n) is 11.5. The predicted octanol–water partition coefficient (Wildman–Crippen LogP) is 1.95. The molecule has 3 nitrogen and oxygen atoms in total. The highest BCUT2D eigenvalue weighted by atomic mass is 19.2. The fraction of sp³-hybridized carbons (Fsp3) is 0.571. The molecule has 1 aromatic carbocycles. The van der Waals surface area contributed by atoms with E-state index in [9.17, 15) is 8.78 Å². The molecule has 0 radical (unpaired) electrons. The maximum Gasteiger partial charge on any atom is 0.182 e. The fourth-order valence-corrected chi connectivity index (χ4v) is 2.72. The third-order valence-corrected chi connectivity index (χ3v) is 3.62. The Morgan fingerprint density at radius 3 is 2.68 bits per heavy atom. The van der Waals surface area contributed by atoms with Crippen molar-refractivity contribution in [1.29, 1.82) is 0 Å². The minimum absolute atomic E-state index is 0.0180. The SMILES string of the molecule is CN(C)CC1CCCN1c1ccc(CN)c(F)c1F. The highest BCUT2D eigenvalue weighted by Crippen LogP contribution is 2.30. The van der Waals surface area contributed by atoms with E-state index in [1.807, 2.05) is 19.0 Å². The van der Waals surface area contributed by atoms with Gasteiger partial charge < -0.3 is 15.5 Å². The Labute approximate surface area is 113 Å². The first-order chi connectivity index (χ1) is 9.04. The molecule has 1 saturated heterocycles. The van der Waals surface area contributed by atoms with E-state index in [1.54, 1.807) is 12.1 Å². The molecule has 0 spiro atoms. The van der Waals surface area contributed by atoms with E-state index in [2.05, 4.69) is 4.90 Å². The number of nitrogens with zero attached hydrogens (tertiary/aromatic N) is 2. The summed E-state index contributed by atoms with van der Waals surface area (Å²) in [6, 6.07) is 3.47. The Hall–Kier alpha value is -1.20. The van der Waals surface area contributed by atoms with E-state index in [0.29, 0.717) is 5.69 Å². The van der Waals surface area contributed by atoms with Gasteiger partial charge in [0.1, 0.15) is 0 Å². The molecule has 1 aromatic rings. The molecule has 1 fully saturated rings. The summed E-state index contributed by atoms with van der Waals surface area (Å²) in [6.07, 6.45) is 2.02. The van der Waals surface area contributed by atoms with Crippen molar-refractivity contribution in [2.45, 2.75) is 25.4 Å². The molecule has 0 aliphatic carbocycles. The molecule has 0 bridgehead atoms. The van der Waals surface area contributed by atoms with E-state index in [0.717, 1.165) is 25.9 Å². The van der Waals surface area contributed by atoms with Gasteiger partial charge in [0.25, 0.3) is 0 Å². The van der Waals surface area contributed by atoms with Crippen molar-refractivity contribution < 1.29 is 8.78 Å². The van der Waals surface area contributed by atoms with Gasteiger partial charge in [-0.3, -0.25) is 0 Å². The Bertz CT molecular complexity index is 449. The summed E-state index contributed by atoms with van der Waals surface area (Å²) < 4.78 is 27.9. The van der Waals surface area contributed by atoms with E-state index in [-0.39, 0.29) is 18.2 Å². The van der Waals surface area contributed by atoms with E-state index in [1.165, 1.54) is 0 Å². The van der Waals surface area contributed by atoms with Crippen LogP contribution in [0.3, 0.4) is 0 Å². The largest absolute Gasteiger partial charge is 0.365 e. The summed E-state index contributed by atoms with van der Waals surface area (Å²) >= 11 is 0. The molecule has 0 amide bonds. The molecule has 5 heteroatoms. The van der Waals surface area contributed by atoms with Crippen molar-refractivity contribution in [2.75, 3.05) is 32.1 Å². The first kappa shape index (κ1) is 14.2. The molecule has 1 aliphatic heterocycles. The molecule has 1 heterocycles. The zero-order chi connectivity index (χ0) is 14.0. The molecular formula is C14H21F2N3. The predicted molar refractivity (Wildman–Crippen MR) is 73.2 cm³/mol. The Kier molecular flexibility index (Phi) is 4.37. The van der Waals surface area contributed by atoms with Gasteiger partial charge in [-0.2, -0.15) is 0 Å². The van der Waals surface area contributed by atoms with Crippen LogP contribution < -0.4 is 10.6 Å². The summed E-state index contributed by atoms with van der Waals surface area (Å²) in [5.74, 6) is -1.58. The lowest BCUT2D eigenvalue weighted by molar-refractivity contribution is 0.370. The number of likely N-dealkylation sites (N-methyl/N-ethyl adjacent to an activating group) is 1. The lowest BCUT2D eigenvalue weighted by Gasteiger charge is -2.29. The number of rotatable bonds is 4. The van der Waals surface area contributed by atoms with Crippen LogP contribution in [-0.4, -0.2) is 38.1 Å². The van der Waals surface area contributed by atoms with Crippen molar-refractivity contribution in [3.8, 4) is 0 Å². The third kappa shape index (κ3) is 2.87. The number of hydrogen-bond donors (Lipinski definition) is 1. The average Bonchev–Trinajstić information content (AvgIpc) is 2.80. The third-order valence-electron chi connectivity index (χ3n) is 3.62. The van der Waals surface area contributed by atoms with Crippen LogP contribution in [0.5, 0.6) is 0 Å². The molecule has 0 aromatic heterocycles. The van der Waals surface area contributed by atoms with Gasteiger partial charge in [-0.15, -0.1) is 0 Å². The molecule has 0 saturated carbocycles. The molecular weight excluding hydrogens is 248 g/mol. The summed E-state index contributed by atoms with van der Waals surface area (Å²) in [6.45, 7) is 1.64. The molecule has 19 heavy (non-hydrogen) atoms. The van der Waals surface area contributed by atoms with Crippen LogP contribution in [0.15, 0.2) is 12.1 Å². The molecule has 1 atom stereocenters. The highest BCUT2D eigenvalue weighted by Gasteiger charge is 2.28. The summed E-state index contributed by atoms with van der Waals surface area (Å²) in [7, 11) is 3.98. The van der Waals surface area contributed by atoms with Crippen molar-refractivity contribution >= 4 is 5.69 Å². The number of nitrogens with two attached hydrogens (primary N) is 1. The lowest BCUT2D eigenvalue weighted by Crippen LogP contribution is -2.38. The molecule has 1 aliphatic rings. The minimum Gasteiger partial charge on any atom is -0.365 e. The quantitative estimate of drug-likeness (QED) is 0.907. The van der Waals surface area contributed by atoms with Gasteiger partial charge in [-0.1, -0.05) is 6.07 Å². The van der Waals surface area contributed by atoms with Gasteiger partial charge in [-0.25, -0.2) is 8.78 Å². The number of benzene rings is 1. The Morgan fingerprint density at radius 2 is 2.05 bits per heavy atom. The molecule has 2 rings (SSSR count). The van der Waals surface area contributed by atoms with E-state index in [4.69, 9.17) is 5.73 Å². The van der Waals surface area contributed by atoms with E-state index >= 15 is 0 Å². The Morgan fingerprint density at radius 1 is 1.32 bits per heavy atom. The minimum atomic E-state index is -0.810. The molecule has 106 valence electrons. The van der Waals surface area contributed by atoms with Gasteiger partial charge >= 0.3 is 0 Å². The average molecular weight is 269 g/mol. The van der Waals surface area contributed by atoms with Crippen LogP contribution in [-0.2, 0) is 6.54 Å². The van der Waals surface area contributed by atoms with Gasteiger partial charge in [0.15, 0.2) is 11.6 Å². The monoisotopic (exact) mass is 269 g/mol. The van der Waals surface area contributed by atoms with Crippen LogP contribution in [0, 0.1) is 11.6 Å². The molecule has 2 N–H and O–H groups in total. The van der Waals surface area contributed by atoms with Crippen LogP contribution in [0.4, 0.5) is 14.5 Å². The first-order valence-electron chi connectivity index (χ1n) is 6.63. The van der Waals surface area contributed by atoms with E-state index < -0.39 is 11.6 Å². The van der Waals surface area contributed by atoms with Crippen molar-refractivity contribution in [1.82, 2.24) is 4.90 Å². The number of hydrogen-bond acceptors (Lipinski definition) is 3. The maximum atomic E-state index is 14.1.